The first-order valence-corrected chi connectivity index (χ1v) is 6.97. The first-order chi connectivity index (χ1) is 10.9. The van der Waals surface area contributed by atoms with Gasteiger partial charge in [-0.15, -0.1) is 0 Å². The van der Waals surface area contributed by atoms with Gasteiger partial charge in [-0.2, -0.15) is 13.2 Å². The molecule has 0 radical (unpaired) electrons. The SMILES string of the molecule is N[C@@H](CC(=O)/C=C/c1ccc(Br)cc1)C(=O)O.O=C(O)C(F)(F)F. The van der Waals surface area contributed by atoms with E-state index < -0.39 is 24.2 Å². The van der Waals surface area contributed by atoms with E-state index in [1.165, 1.54) is 6.08 Å². The molecule has 0 aliphatic carbocycles. The van der Waals surface area contributed by atoms with Crippen LogP contribution in [-0.2, 0) is 14.4 Å². The molecule has 1 aromatic carbocycles. The summed E-state index contributed by atoms with van der Waals surface area (Å²) in [5.41, 5.74) is 6.11. The molecule has 10 heteroatoms. The Morgan fingerprint density at radius 1 is 1.17 bits per heavy atom. The number of alkyl halides is 3. The summed E-state index contributed by atoms with van der Waals surface area (Å²) >= 11 is 3.30. The van der Waals surface area contributed by atoms with E-state index in [0.29, 0.717) is 0 Å². The van der Waals surface area contributed by atoms with E-state index in [1.807, 2.05) is 24.3 Å². The molecule has 0 saturated heterocycles. The number of benzene rings is 1. The van der Waals surface area contributed by atoms with Crippen molar-refractivity contribution >= 4 is 39.7 Å². The molecule has 1 atom stereocenters. The Labute approximate surface area is 142 Å². The van der Waals surface area contributed by atoms with Gasteiger partial charge in [0.05, 0.1) is 0 Å². The molecule has 0 saturated carbocycles. The predicted molar refractivity (Wildman–Crippen MR) is 82.1 cm³/mol. The number of allylic oxidation sites excluding steroid dienone is 1. The number of halogens is 4. The number of carbonyl (C=O) groups is 3. The third-order valence-electron chi connectivity index (χ3n) is 2.31. The van der Waals surface area contributed by atoms with Gasteiger partial charge in [-0.1, -0.05) is 34.1 Å². The Hall–Kier alpha value is -2.20. The molecule has 1 aromatic rings. The van der Waals surface area contributed by atoms with Crippen LogP contribution in [-0.4, -0.2) is 40.2 Å². The number of ketones is 1. The largest absolute Gasteiger partial charge is 0.490 e. The van der Waals surface area contributed by atoms with E-state index in [4.69, 9.17) is 20.7 Å². The van der Waals surface area contributed by atoms with Gasteiger partial charge in [0.1, 0.15) is 6.04 Å². The summed E-state index contributed by atoms with van der Waals surface area (Å²) in [6.07, 6.45) is -2.31. The molecule has 0 bridgehead atoms. The van der Waals surface area contributed by atoms with Crippen molar-refractivity contribution < 1.29 is 37.8 Å². The lowest BCUT2D eigenvalue weighted by Crippen LogP contribution is -2.32. The van der Waals surface area contributed by atoms with Crippen molar-refractivity contribution in [2.24, 2.45) is 5.73 Å². The van der Waals surface area contributed by atoms with Crippen LogP contribution in [0.2, 0.25) is 0 Å². The van der Waals surface area contributed by atoms with Crippen molar-refractivity contribution in [3.8, 4) is 0 Å². The highest BCUT2D eigenvalue weighted by molar-refractivity contribution is 9.10. The summed E-state index contributed by atoms with van der Waals surface area (Å²) in [5.74, 6) is -4.23. The summed E-state index contributed by atoms with van der Waals surface area (Å²) in [6.45, 7) is 0. The molecule has 0 spiro atoms. The molecule has 0 heterocycles. The quantitative estimate of drug-likeness (QED) is 0.640. The van der Waals surface area contributed by atoms with Gasteiger partial charge in [0.25, 0.3) is 0 Å². The van der Waals surface area contributed by atoms with Crippen LogP contribution < -0.4 is 5.73 Å². The highest BCUT2D eigenvalue weighted by Gasteiger charge is 2.38. The van der Waals surface area contributed by atoms with Crippen LogP contribution in [0.5, 0.6) is 0 Å². The number of aliphatic carboxylic acids is 2. The third-order valence-corrected chi connectivity index (χ3v) is 2.84. The van der Waals surface area contributed by atoms with Crippen LogP contribution in [0.25, 0.3) is 6.08 Å². The zero-order valence-corrected chi connectivity index (χ0v) is 13.5. The average molecular weight is 412 g/mol. The molecule has 0 aliphatic heterocycles. The first kappa shape index (κ1) is 21.8. The van der Waals surface area contributed by atoms with E-state index in [-0.39, 0.29) is 12.2 Å². The molecule has 0 unspecified atom stereocenters. The summed E-state index contributed by atoms with van der Waals surface area (Å²) in [4.78, 5) is 30.7. The van der Waals surface area contributed by atoms with Crippen molar-refractivity contribution in [1.29, 1.82) is 0 Å². The molecule has 4 N–H and O–H groups in total. The van der Waals surface area contributed by atoms with Gasteiger partial charge >= 0.3 is 18.1 Å². The summed E-state index contributed by atoms with van der Waals surface area (Å²) < 4.78 is 32.7. The van der Waals surface area contributed by atoms with Crippen molar-refractivity contribution in [3.63, 3.8) is 0 Å². The second-order valence-electron chi connectivity index (χ2n) is 4.30. The van der Waals surface area contributed by atoms with Gasteiger partial charge in [-0.05, 0) is 23.8 Å². The van der Waals surface area contributed by atoms with E-state index >= 15 is 0 Å². The Kier molecular flexibility index (Phi) is 8.93. The molecule has 132 valence electrons. The summed E-state index contributed by atoms with van der Waals surface area (Å²) in [5, 5.41) is 15.7. The number of carboxylic acid groups (broad SMARTS) is 2. The van der Waals surface area contributed by atoms with E-state index in [9.17, 15) is 22.8 Å². The Morgan fingerprint density at radius 2 is 1.62 bits per heavy atom. The monoisotopic (exact) mass is 411 g/mol. The minimum Gasteiger partial charge on any atom is -0.480 e. The minimum atomic E-state index is -5.08. The van der Waals surface area contributed by atoms with Crippen LogP contribution in [0, 0.1) is 0 Å². The first-order valence-electron chi connectivity index (χ1n) is 6.18. The van der Waals surface area contributed by atoms with Crippen molar-refractivity contribution in [1.82, 2.24) is 0 Å². The van der Waals surface area contributed by atoms with Crippen LogP contribution in [0.4, 0.5) is 13.2 Å². The molecule has 6 nitrogen and oxygen atoms in total. The molecule has 0 fully saturated rings. The highest BCUT2D eigenvalue weighted by atomic mass is 79.9. The summed E-state index contributed by atoms with van der Waals surface area (Å²) in [7, 11) is 0. The number of nitrogens with two attached hydrogens (primary N) is 1. The lowest BCUT2D eigenvalue weighted by molar-refractivity contribution is -0.192. The fourth-order valence-corrected chi connectivity index (χ4v) is 1.40. The fraction of sp³-hybridized carbons (Fsp3) is 0.214. The van der Waals surface area contributed by atoms with Crippen molar-refractivity contribution in [2.75, 3.05) is 0 Å². The van der Waals surface area contributed by atoms with Crippen LogP contribution in [0.15, 0.2) is 34.8 Å². The number of hydrogen-bond acceptors (Lipinski definition) is 4. The van der Waals surface area contributed by atoms with Gasteiger partial charge in [0, 0.05) is 10.9 Å². The van der Waals surface area contributed by atoms with E-state index in [1.54, 1.807) is 6.08 Å². The van der Waals surface area contributed by atoms with E-state index in [0.717, 1.165) is 10.0 Å². The second-order valence-corrected chi connectivity index (χ2v) is 5.22. The zero-order chi connectivity index (χ0) is 18.9. The molecular formula is C14H13BrF3NO5. The van der Waals surface area contributed by atoms with Crippen molar-refractivity contribution in [3.05, 3.63) is 40.4 Å². The maximum Gasteiger partial charge on any atom is 0.490 e. The Balaban J connectivity index is 0.000000640. The van der Waals surface area contributed by atoms with Gasteiger partial charge in [0.15, 0.2) is 5.78 Å². The lowest BCUT2D eigenvalue weighted by atomic mass is 10.1. The molecule has 0 aromatic heterocycles. The van der Waals surface area contributed by atoms with Crippen LogP contribution in [0.1, 0.15) is 12.0 Å². The average Bonchev–Trinajstić information content (AvgIpc) is 2.46. The molecule has 0 amide bonds. The molecule has 1 rings (SSSR count). The molecule has 0 aliphatic rings. The van der Waals surface area contributed by atoms with Gasteiger partial charge < -0.3 is 15.9 Å². The minimum absolute atomic E-state index is 0.192. The number of carbonyl (C=O) groups excluding carboxylic acids is 1. The fourth-order valence-electron chi connectivity index (χ4n) is 1.14. The smallest absolute Gasteiger partial charge is 0.480 e. The molecular weight excluding hydrogens is 399 g/mol. The standard InChI is InChI=1S/C12H12BrNO3.C2HF3O2/c13-9-4-1-8(2-5-9)3-6-10(15)7-11(14)12(16)17;3-2(4,5)1(6)7/h1-6,11H,7,14H2,(H,16,17);(H,6,7)/b6-3+;/t11-;/m0./s1. The number of carboxylic acids is 2. The van der Waals surface area contributed by atoms with Crippen LogP contribution >= 0.6 is 15.9 Å². The highest BCUT2D eigenvalue weighted by Crippen LogP contribution is 2.13. The maximum absolute atomic E-state index is 11.4. The number of hydrogen-bond donors (Lipinski definition) is 3. The van der Waals surface area contributed by atoms with Gasteiger partial charge in [-0.3, -0.25) is 9.59 Å². The molecule has 24 heavy (non-hydrogen) atoms. The predicted octanol–water partition coefficient (Wildman–Crippen LogP) is 2.47. The van der Waals surface area contributed by atoms with Crippen molar-refractivity contribution in [2.45, 2.75) is 18.6 Å². The van der Waals surface area contributed by atoms with Crippen LogP contribution in [0.3, 0.4) is 0 Å². The summed E-state index contributed by atoms with van der Waals surface area (Å²) in [6, 6.07) is 6.24. The second kappa shape index (κ2) is 9.83. The topological polar surface area (TPSA) is 118 Å². The normalized spacial score (nSPS) is 12.2. The third kappa shape index (κ3) is 9.74. The number of rotatable bonds is 5. The Bertz CT molecular complexity index is 614. The maximum atomic E-state index is 11.4. The lowest BCUT2D eigenvalue weighted by Gasteiger charge is -2.01. The Morgan fingerprint density at radius 3 is 2.00 bits per heavy atom. The zero-order valence-electron chi connectivity index (χ0n) is 12.0. The van der Waals surface area contributed by atoms with Gasteiger partial charge in [0.2, 0.25) is 0 Å². The van der Waals surface area contributed by atoms with E-state index in [2.05, 4.69) is 15.9 Å². The van der Waals surface area contributed by atoms with Gasteiger partial charge in [-0.25, -0.2) is 4.79 Å².